The molecule has 0 saturated carbocycles. The van der Waals surface area contributed by atoms with Crippen LogP contribution in [0.2, 0.25) is 0 Å². The van der Waals surface area contributed by atoms with E-state index in [2.05, 4.69) is 15.1 Å². The molecule has 30 heavy (non-hydrogen) atoms. The molecule has 1 N–H and O–H groups in total. The number of nitrogens with zero attached hydrogens (tertiary/aromatic N) is 2. The second kappa shape index (κ2) is 9.57. The fourth-order valence-corrected chi connectivity index (χ4v) is 3.64. The Bertz CT molecular complexity index is 868. The summed E-state index contributed by atoms with van der Waals surface area (Å²) in [6.07, 6.45) is -3.75. The van der Waals surface area contributed by atoms with E-state index < -0.39 is 17.6 Å². The summed E-state index contributed by atoms with van der Waals surface area (Å²) in [6.45, 7) is 5.96. The molecule has 0 aliphatic carbocycles. The van der Waals surface area contributed by atoms with Gasteiger partial charge in [0.15, 0.2) is 0 Å². The third-order valence-corrected chi connectivity index (χ3v) is 5.11. The highest BCUT2D eigenvalue weighted by Gasteiger charge is 2.34. The van der Waals surface area contributed by atoms with Crippen molar-refractivity contribution in [3.63, 3.8) is 0 Å². The number of rotatable bonds is 5. The summed E-state index contributed by atoms with van der Waals surface area (Å²) in [5, 5.41) is 2.74. The van der Waals surface area contributed by atoms with Gasteiger partial charge in [0.1, 0.15) is 5.82 Å². The van der Waals surface area contributed by atoms with Crippen LogP contribution in [0.4, 0.5) is 23.2 Å². The Labute approximate surface area is 173 Å². The SMILES string of the molecule is CC(=O)Nc1ccc(CN2CCCN(Cc3ccc(C(F)(F)F)c(F)c3)CC2)cc1. The molecule has 162 valence electrons. The molecular weight excluding hydrogens is 398 g/mol. The van der Waals surface area contributed by atoms with Crippen molar-refractivity contribution >= 4 is 11.6 Å². The van der Waals surface area contributed by atoms with Crippen molar-refractivity contribution in [3.8, 4) is 0 Å². The summed E-state index contributed by atoms with van der Waals surface area (Å²) >= 11 is 0. The van der Waals surface area contributed by atoms with Crippen molar-refractivity contribution in [2.45, 2.75) is 32.6 Å². The van der Waals surface area contributed by atoms with Gasteiger partial charge in [-0.25, -0.2) is 4.39 Å². The van der Waals surface area contributed by atoms with Crippen LogP contribution in [0, 0.1) is 5.82 Å². The number of benzene rings is 2. The molecule has 0 aromatic heterocycles. The molecule has 1 aliphatic rings. The zero-order valence-electron chi connectivity index (χ0n) is 16.8. The zero-order chi connectivity index (χ0) is 21.7. The van der Waals surface area contributed by atoms with Gasteiger partial charge in [0, 0.05) is 38.8 Å². The normalized spacial score (nSPS) is 16.3. The third kappa shape index (κ3) is 6.27. The topological polar surface area (TPSA) is 35.6 Å². The smallest absolute Gasteiger partial charge is 0.326 e. The number of alkyl halides is 3. The van der Waals surface area contributed by atoms with Gasteiger partial charge in [0.2, 0.25) is 5.91 Å². The van der Waals surface area contributed by atoms with Crippen LogP contribution in [-0.2, 0) is 24.1 Å². The second-order valence-corrected chi connectivity index (χ2v) is 7.60. The molecule has 1 heterocycles. The average Bonchev–Trinajstić information content (AvgIpc) is 2.87. The maximum atomic E-state index is 13.8. The number of hydrogen-bond acceptors (Lipinski definition) is 3. The van der Waals surface area contributed by atoms with Crippen LogP contribution in [0.25, 0.3) is 0 Å². The van der Waals surface area contributed by atoms with Gasteiger partial charge in [-0.3, -0.25) is 14.6 Å². The number of amides is 1. The van der Waals surface area contributed by atoms with Gasteiger partial charge >= 0.3 is 6.18 Å². The standard InChI is InChI=1S/C22H25F4N3O/c1-16(30)27-19-6-3-17(4-7-19)14-28-9-2-10-29(12-11-28)15-18-5-8-20(21(23)13-18)22(24,25)26/h3-8,13H,2,9-12,14-15H2,1H3,(H,27,30). The van der Waals surface area contributed by atoms with Crippen LogP contribution in [-0.4, -0.2) is 41.9 Å². The molecule has 1 fully saturated rings. The molecule has 0 atom stereocenters. The highest BCUT2D eigenvalue weighted by molar-refractivity contribution is 5.88. The predicted octanol–water partition coefficient (Wildman–Crippen LogP) is 4.51. The highest BCUT2D eigenvalue weighted by atomic mass is 19.4. The van der Waals surface area contributed by atoms with Crippen molar-refractivity contribution < 1.29 is 22.4 Å². The minimum absolute atomic E-state index is 0.108. The van der Waals surface area contributed by atoms with Crippen molar-refractivity contribution in [2.75, 3.05) is 31.5 Å². The molecule has 4 nitrogen and oxygen atoms in total. The van der Waals surface area contributed by atoms with Crippen LogP contribution in [0.15, 0.2) is 42.5 Å². The second-order valence-electron chi connectivity index (χ2n) is 7.60. The first-order valence-corrected chi connectivity index (χ1v) is 9.87. The molecule has 0 spiro atoms. The third-order valence-electron chi connectivity index (χ3n) is 5.11. The Morgan fingerprint density at radius 3 is 2.03 bits per heavy atom. The largest absolute Gasteiger partial charge is 0.419 e. The van der Waals surface area contributed by atoms with E-state index in [0.717, 1.165) is 62.5 Å². The molecule has 2 aromatic rings. The van der Waals surface area contributed by atoms with E-state index in [-0.39, 0.29) is 5.91 Å². The molecule has 3 rings (SSSR count). The van der Waals surface area contributed by atoms with Gasteiger partial charge in [-0.2, -0.15) is 13.2 Å². The van der Waals surface area contributed by atoms with Gasteiger partial charge in [-0.15, -0.1) is 0 Å². The number of anilines is 1. The highest BCUT2D eigenvalue weighted by Crippen LogP contribution is 2.31. The van der Waals surface area contributed by atoms with E-state index in [1.165, 1.54) is 13.0 Å². The summed E-state index contributed by atoms with van der Waals surface area (Å²) < 4.78 is 52.0. The van der Waals surface area contributed by atoms with Crippen molar-refractivity contribution in [2.24, 2.45) is 0 Å². The Morgan fingerprint density at radius 1 is 0.933 bits per heavy atom. The maximum absolute atomic E-state index is 13.8. The van der Waals surface area contributed by atoms with Crippen LogP contribution >= 0.6 is 0 Å². The predicted molar refractivity (Wildman–Crippen MR) is 107 cm³/mol. The monoisotopic (exact) mass is 423 g/mol. The van der Waals surface area contributed by atoms with Gasteiger partial charge in [-0.1, -0.05) is 18.2 Å². The number of nitrogens with one attached hydrogen (secondary N) is 1. The maximum Gasteiger partial charge on any atom is 0.419 e. The average molecular weight is 423 g/mol. The Balaban J connectivity index is 1.54. The summed E-state index contributed by atoms with van der Waals surface area (Å²) in [5.74, 6) is -1.33. The van der Waals surface area contributed by atoms with E-state index in [0.29, 0.717) is 12.1 Å². The molecule has 1 aliphatic heterocycles. The van der Waals surface area contributed by atoms with E-state index in [9.17, 15) is 22.4 Å². The molecule has 8 heteroatoms. The number of hydrogen-bond donors (Lipinski definition) is 1. The summed E-state index contributed by atoms with van der Waals surface area (Å²) in [5.41, 5.74) is 1.22. The molecule has 0 bridgehead atoms. The number of halogens is 4. The lowest BCUT2D eigenvalue weighted by atomic mass is 10.1. The van der Waals surface area contributed by atoms with Gasteiger partial charge in [0.05, 0.1) is 5.56 Å². The first kappa shape index (κ1) is 22.2. The summed E-state index contributed by atoms with van der Waals surface area (Å²) in [4.78, 5) is 15.6. The van der Waals surface area contributed by atoms with Gasteiger partial charge in [0.25, 0.3) is 0 Å². The molecule has 1 saturated heterocycles. The Hall–Kier alpha value is -2.45. The van der Waals surface area contributed by atoms with Crippen LogP contribution < -0.4 is 5.32 Å². The van der Waals surface area contributed by atoms with Crippen molar-refractivity contribution in [1.29, 1.82) is 0 Å². The number of carbonyl (C=O) groups excluding carboxylic acids is 1. The zero-order valence-corrected chi connectivity index (χ0v) is 16.8. The Morgan fingerprint density at radius 2 is 1.50 bits per heavy atom. The van der Waals surface area contributed by atoms with Crippen molar-refractivity contribution in [3.05, 3.63) is 65.0 Å². The van der Waals surface area contributed by atoms with Crippen molar-refractivity contribution in [1.82, 2.24) is 9.80 Å². The molecule has 1 amide bonds. The first-order chi connectivity index (χ1) is 14.2. The van der Waals surface area contributed by atoms with Gasteiger partial charge in [-0.05, 0) is 54.9 Å². The lowest BCUT2D eigenvalue weighted by molar-refractivity contribution is -0.140. The molecule has 0 radical (unpaired) electrons. The van der Waals surface area contributed by atoms with Crippen LogP contribution in [0.5, 0.6) is 0 Å². The summed E-state index contributed by atoms with van der Waals surface area (Å²) in [7, 11) is 0. The fourth-order valence-electron chi connectivity index (χ4n) is 3.64. The first-order valence-electron chi connectivity index (χ1n) is 9.87. The van der Waals surface area contributed by atoms with Crippen LogP contribution in [0.3, 0.4) is 0 Å². The molecule has 2 aromatic carbocycles. The lowest BCUT2D eigenvalue weighted by Gasteiger charge is -2.22. The minimum atomic E-state index is -4.67. The minimum Gasteiger partial charge on any atom is -0.326 e. The van der Waals surface area contributed by atoms with E-state index >= 15 is 0 Å². The Kier molecular flexibility index (Phi) is 7.10. The fraction of sp³-hybridized carbons (Fsp3) is 0.409. The van der Waals surface area contributed by atoms with Crippen LogP contribution in [0.1, 0.15) is 30.0 Å². The molecular formula is C22H25F4N3O. The van der Waals surface area contributed by atoms with E-state index in [4.69, 9.17) is 0 Å². The quantitative estimate of drug-likeness (QED) is 0.719. The lowest BCUT2D eigenvalue weighted by Crippen LogP contribution is -2.30. The summed E-state index contributed by atoms with van der Waals surface area (Å²) in [6, 6.07) is 10.9. The van der Waals surface area contributed by atoms with E-state index in [1.54, 1.807) is 0 Å². The molecule has 0 unspecified atom stereocenters. The van der Waals surface area contributed by atoms with Gasteiger partial charge < -0.3 is 5.32 Å². The number of carbonyl (C=O) groups is 1. The van der Waals surface area contributed by atoms with E-state index in [1.807, 2.05) is 24.3 Å².